The highest BCUT2D eigenvalue weighted by molar-refractivity contribution is 6.37. The quantitative estimate of drug-likeness (QED) is 0.612. The normalized spacial score (nSPS) is 10.9. The molecular weight excluding hydrogens is 361 g/mol. The van der Waals surface area contributed by atoms with Crippen LogP contribution in [0.3, 0.4) is 0 Å². The minimum absolute atomic E-state index is 0.0322. The molecule has 0 aliphatic heterocycles. The highest BCUT2D eigenvalue weighted by Crippen LogP contribution is 2.32. The first kappa shape index (κ1) is 19.5. The van der Waals surface area contributed by atoms with Crippen LogP contribution in [-0.2, 0) is 11.3 Å². The van der Waals surface area contributed by atoms with E-state index in [4.69, 9.17) is 28.9 Å². The summed E-state index contributed by atoms with van der Waals surface area (Å²) in [5.74, 6) is -0.202. The number of aliphatic hydroxyl groups is 1. The minimum Gasteiger partial charge on any atom is -0.397 e. The Bertz CT molecular complexity index is 688. The molecule has 0 unspecified atom stereocenters. The maximum atomic E-state index is 12.2. The van der Waals surface area contributed by atoms with Crippen LogP contribution in [0, 0.1) is 0 Å². The molecular formula is C18H21Cl2N3O2. The fraction of sp³-hybridized carbons (Fsp3) is 0.278. The lowest BCUT2D eigenvalue weighted by Crippen LogP contribution is -2.30. The number of hydrogen-bond donors (Lipinski definition) is 3. The third kappa shape index (κ3) is 6.21. The number of carbonyl (C=O) groups is 1. The van der Waals surface area contributed by atoms with Crippen LogP contribution in [0.4, 0.5) is 11.4 Å². The molecule has 5 nitrogen and oxygen atoms in total. The largest absolute Gasteiger partial charge is 0.397 e. The Morgan fingerprint density at radius 3 is 2.52 bits per heavy atom. The Balaban J connectivity index is 1.93. The standard InChI is InChI=1S/C18H21Cl2N3O2/c19-14-10-15(20)18(16(21)11-14)22-17(25)6-7-23(8-9-24)12-13-4-2-1-3-5-13/h1-5,10-11,24H,6-9,12,21H2,(H,22,25). The van der Waals surface area contributed by atoms with Gasteiger partial charge in [-0.2, -0.15) is 0 Å². The molecule has 0 bridgehead atoms. The third-order valence-corrected chi connectivity index (χ3v) is 4.19. The van der Waals surface area contributed by atoms with Gasteiger partial charge in [0.15, 0.2) is 0 Å². The van der Waals surface area contributed by atoms with E-state index in [1.165, 1.54) is 12.1 Å². The Kier molecular flexibility index (Phi) is 7.52. The highest BCUT2D eigenvalue weighted by atomic mass is 35.5. The predicted molar refractivity (Wildman–Crippen MR) is 103 cm³/mol. The maximum absolute atomic E-state index is 12.2. The van der Waals surface area contributed by atoms with Gasteiger partial charge in [0.05, 0.1) is 23.0 Å². The first-order valence-electron chi connectivity index (χ1n) is 7.91. The summed E-state index contributed by atoms with van der Waals surface area (Å²) in [6, 6.07) is 13.0. The average Bonchev–Trinajstić information content (AvgIpc) is 2.57. The van der Waals surface area contributed by atoms with E-state index in [9.17, 15) is 9.90 Å². The summed E-state index contributed by atoms with van der Waals surface area (Å²) >= 11 is 11.9. The Labute approximate surface area is 157 Å². The molecule has 25 heavy (non-hydrogen) atoms. The van der Waals surface area contributed by atoms with E-state index in [0.717, 1.165) is 5.56 Å². The van der Waals surface area contributed by atoms with E-state index in [1.54, 1.807) is 0 Å². The van der Waals surface area contributed by atoms with Gasteiger partial charge in [-0.1, -0.05) is 53.5 Å². The summed E-state index contributed by atoms with van der Waals surface area (Å²) < 4.78 is 0. The number of halogens is 2. The molecule has 0 aliphatic carbocycles. The molecule has 0 saturated carbocycles. The van der Waals surface area contributed by atoms with Gasteiger partial charge in [-0.3, -0.25) is 9.69 Å². The van der Waals surface area contributed by atoms with Crippen LogP contribution >= 0.6 is 23.2 Å². The summed E-state index contributed by atoms with van der Waals surface area (Å²) in [4.78, 5) is 14.2. The summed E-state index contributed by atoms with van der Waals surface area (Å²) in [6.45, 7) is 1.70. The lowest BCUT2D eigenvalue weighted by Gasteiger charge is -2.21. The number of amides is 1. The van der Waals surface area contributed by atoms with Crippen molar-refractivity contribution in [1.29, 1.82) is 0 Å². The van der Waals surface area contributed by atoms with Crippen LogP contribution in [0.5, 0.6) is 0 Å². The number of nitrogens with zero attached hydrogens (tertiary/aromatic N) is 1. The summed E-state index contributed by atoms with van der Waals surface area (Å²) in [5.41, 5.74) is 7.67. The molecule has 0 heterocycles. The molecule has 134 valence electrons. The summed E-state index contributed by atoms with van der Waals surface area (Å²) in [5, 5.41) is 12.7. The van der Waals surface area contributed by atoms with E-state index in [2.05, 4.69) is 5.32 Å². The van der Waals surface area contributed by atoms with Crippen molar-refractivity contribution in [2.75, 3.05) is 30.7 Å². The molecule has 2 rings (SSSR count). The highest BCUT2D eigenvalue weighted by Gasteiger charge is 2.13. The van der Waals surface area contributed by atoms with Crippen LogP contribution in [-0.4, -0.2) is 35.6 Å². The SMILES string of the molecule is Nc1cc(Cl)cc(Cl)c1NC(=O)CCN(CCO)Cc1ccccc1. The van der Waals surface area contributed by atoms with E-state index >= 15 is 0 Å². The van der Waals surface area contributed by atoms with Crippen molar-refractivity contribution in [3.63, 3.8) is 0 Å². The van der Waals surface area contributed by atoms with Crippen LogP contribution in [0.15, 0.2) is 42.5 Å². The second kappa shape index (κ2) is 9.63. The number of rotatable bonds is 8. The van der Waals surface area contributed by atoms with Gasteiger partial charge in [-0.05, 0) is 17.7 Å². The van der Waals surface area contributed by atoms with Crippen molar-refractivity contribution in [1.82, 2.24) is 4.90 Å². The third-order valence-electron chi connectivity index (χ3n) is 3.67. The lowest BCUT2D eigenvalue weighted by molar-refractivity contribution is -0.116. The number of aliphatic hydroxyl groups excluding tert-OH is 1. The topological polar surface area (TPSA) is 78.6 Å². The van der Waals surface area contributed by atoms with Gasteiger partial charge in [0.1, 0.15) is 0 Å². The van der Waals surface area contributed by atoms with Crippen molar-refractivity contribution in [2.24, 2.45) is 0 Å². The van der Waals surface area contributed by atoms with E-state index < -0.39 is 0 Å². The first-order valence-corrected chi connectivity index (χ1v) is 8.66. The van der Waals surface area contributed by atoms with E-state index in [0.29, 0.717) is 41.1 Å². The molecule has 0 spiro atoms. The van der Waals surface area contributed by atoms with Crippen molar-refractivity contribution < 1.29 is 9.90 Å². The second-order valence-electron chi connectivity index (χ2n) is 5.64. The van der Waals surface area contributed by atoms with Crippen LogP contribution < -0.4 is 11.1 Å². The van der Waals surface area contributed by atoms with Gasteiger partial charge in [-0.15, -0.1) is 0 Å². The van der Waals surface area contributed by atoms with Crippen LogP contribution in [0.25, 0.3) is 0 Å². The van der Waals surface area contributed by atoms with Gasteiger partial charge in [0.25, 0.3) is 0 Å². The van der Waals surface area contributed by atoms with Crippen molar-refractivity contribution >= 4 is 40.5 Å². The molecule has 0 fully saturated rings. The van der Waals surface area contributed by atoms with E-state index in [-0.39, 0.29) is 18.9 Å². The Morgan fingerprint density at radius 1 is 1.16 bits per heavy atom. The first-order chi connectivity index (χ1) is 12.0. The van der Waals surface area contributed by atoms with Gasteiger partial charge < -0.3 is 16.2 Å². The fourth-order valence-electron chi connectivity index (χ4n) is 2.44. The molecule has 0 saturated heterocycles. The van der Waals surface area contributed by atoms with Gasteiger partial charge >= 0.3 is 0 Å². The number of benzene rings is 2. The van der Waals surface area contributed by atoms with Gasteiger partial charge in [-0.25, -0.2) is 0 Å². The van der Waals surface area contributed by atoms with Crippen molar-refractivity contribution in [3.05, 3.63) is 58.1 Å². The number of nitrogens with one attached hydrogen (secondary N) is 1. The molecule has 0 aliphatic rings. The molecule has 2 aromatic carbocycles. The summed E-state index contributed by atoms with van der Waals surface area (Å²) in [6.07, 6.45) is 0.255. The van der Waals surface area contributed by atoms with E-state index in [1.807, 2.05) is 35.2 Å². The van der Waals surface area contributed by atoms with Crippen molar-refractivity contribution in [2.45, 2.75) is 13.0 Å². The van der Waals surface area contributed by atoms with Crippen LogP contribution in [0.2, 0.25) is 10.0 Å². The molecule has 7 heteroatoms. The Hall–Kier alpha value is -1.79. The molecule has 1 amide bonds. The number of nitrogen functional groups attached to an aromatic ring is 1. The Morgan fingerprint density at radius 2 is 1.88 bits per heavy atom. The van der Waals surface area contributed by atoms with Gasteiger partial charge in [0.2, 0.25) is 5.91 Å². The number of carbonyl (C=O) groups excluding carboxylic acids is 1. The van der Waals surface area contributed by atoms with Crippen molar-refractivity contribution in [3.8, 4) is 0 Å². The van der Waals surface area contributed by atoms with Crippen LogP contribution in [0.1, 0.15) is 12.0 Å². The lowest BCUT2D eigenvalue weighted by atomic mass is 10.2. The predicted octanol–water partition coefficient (Wildman–Crippen LogP) is 3.40. The smallest absolute Gasteiger partial charge is 0.225 e. The molecule has 2 aromatic rings. The monoisotopic (exact) mass is 381 g/mol. The molecule has 0 aromatic heterocycles. The number of anilines is 2. The molecule has 0 radical (unpaired) electrons. The van der Waals surface area contributed by atoms with Gasteiger partial charge in [0, 0.05) is 31.1 Å². The minimum atomic E-state index is -0.202. The number of hydrogen-bond acceptors (Lipinski definition) is 4. The molecule has 0 atom stereocenters. The maximum Gasteiger partial charge on any atom is 0.225 e. The zero-order chi connectivity index (χ0) is 18.2. The fourth-order valence-corrected chi connectivity index (χ4v) is 3.00. The summed E-state index contributed by atoms with van der Waals surface area (Å²) in [7, 11) is 0. The number of nitrogens with two attached hydrogens (primary N) is 1. The molecule has 4 N–H and O–H groups in total. The zero-order valence-electron chi connectivity index (χ0n) is 13.7. The second-order valence-corrected chi connectivity index (χ2v) is 6.48. The zero-order valence-corrected chi connectivity index (χ0v) is 15.2. The average molecular weight is 382 g/mol.